The molecule has 1 saturated carbocycles. The van der Waals surface area contributed by atoms with E-state index in [-0.39, 0.29) is 11.3 Å². The van der Waals surface area contributed by atoms with Gasteiger partial charge in [0.15, 0.2) is 0 Å². The molecule has 3 N–H and O–H groups in total. The monoisotopic (exact) mass is 271 g/mol. The molecule has 0 bridgehead atoms. The first-order valence-corrected chi connectivity index (χ1v) is 6.62. The average Bonchev–Trinajstić information content (AvgIpc) is 3.16. The first-order chi connectivity index (χ1) is 9.64. The second kappa shape index (κ2) is 4.72. The summed E-state index contributed by atoms with van der Waals surface area (Å²) in [6.45, 7) is 2.31. The van der Waals surface area contributed by atoms with Crippen LogP contribution >= 0.6 is 0 Å². The van der Waals surface area contributed by atoms with Crippen molar-refractivity contribution in [3.63, 3.8) is 0 Å². The summed E-state index contributed by atoms with van der Waals surface area (Å²) in [5.41, 5.74) is 5.98. The predicted octanol–water partition coefficient (Wildman–Crippen LogP) is 1.25. The lowest BCUT2D eigenvalue weighted by Gasteiger charge is -2.13. The maximum atomic E-state index is 12.1. The summed E-state index contributed by atoms with van der Waals surface area (Å²) in [6.07, 6.45) is 6.97. The maximum absolute atomic E-state index is 12.1. The summed E-state index contributed by atoms with van der Waals surface area (Å²) in [5, 5.41) is 2.88. The van der Waals surface area contributed by atoms with Crippen LogP contribution in [-0.2, 0) is 4.79 Å². The fourth-order valence-electron chi connectivity index (χ4n) is 2.16. The minimum atomic E-state index is -0.348. The number of rotatable bonds is 4. The van der Waals surface area contributed by atoms with Crippen LogP contribution in [-0.4, -0.2) is 27.0 Å². The number of nitrogens with one attached hydrogen (secondary N) is 1. The van der Waals surface area contributed by atoms with Gasteiger partial charge in [-0.2, -0.15) is 0 Å². The molecule has 0 aromatic carbocycles. The lowest BCUT2D eigenvalue weighted by Crippen LogP contribution is -2.30. The Labute approximate surface area is 117 Å². The Bertz CT molecular complexity index is 627. The number of nitrogens with zero attached hydrogens (tertiary/aromatic N) is 3. The molecule has 2 heterocycles. The number of hydrogen-bond donors (Lipinski definition) is 2. The highest BCUT2D eigenvalue weighted by atomic mass is 16.2. The van der Waals surface area contributed by atoms with Crippen LogP contribution in [0.2, 0.25) is 0 Å². The summed E-state index contributed by atoms with van der Waals surface area (Å²) in [7, 11) is 0. The van der Waals surface area contributed by atoms with Crippen molar-refractivity contribution >= 4 is 11.6 Å². The Hall–Kier alpha value is -2.21. The second-order valence-electron chi connectivity index (χ2n) is 5.19. The highest BCUT2D eigenvalue weighted by Gasteiger charge is 2.48. The van der Waals surface area contributed by atoms with Gasteiger partial charge in [-0.25, -0.2) is 9.97 Å². The standard InChI is InChI=1S/C14H17N5O/c1-10-16-6-7-19(10)12-3-2-11(8-17-12)18-13(20)14(9-15)4-5-14/h2-3,6-8H,4-5,9,15H2,1H3,(H,18,20). The van der Waals surface area contributed by atoms with Gasteiger partial charge in [0.25, 0.3) is 0 Å². The summed E-state index contributed by atoms with van der Waals surface area (Å²) >= 11 is 0. The molecule has 104 valence electrons. The Morgan fingerprint density at radius 1 is 1.45 bits per heavy atom. The number of aryl methyl sites for hydroxylation is 1. The molecule has 0 saturated heterocycles. The topological polar surface area (TPSA) is 85.8 Å². The van der Waals surface area contributed by atoms with E-state index in [0.29, 0.717) is 12.2 Å². The van der Waals surface area contributed by atoms with Crippen molar-refractivity contribution in [2.24, 2.45) is 11.1 Å². The van der Waals surface area contributed by atoms with Gasteiger partial charge in [-0.05, 0) is 31.9 Å². The molecular weight excluding hydrogens is 254 g/mol. The zero-order valence-electron chi connectivity index (χ0n) is 11.3. The van der Waals surface area contributed by atoms with Gasteiger partial charge >= 0.3 is 0 Å². The largest absolute Gasteiger partial charge is 0.329 e. The fourth-order valence-corrected chi connectivity index (χ4v) is 2.16. The Kier molecular flexibility index (Phi) is 3.02. The first-order valence-electron chi connectivity index (χ1n) is 6.62. The van der Waals surface area contributed by atoms with Crippen molar-refractivity contribution in [1.29, 1.82) is 0 Å². The highest BCUT2D eigenvalue weighted by Crippen LogP contribution is 2.45. The highest BCUT2D eigenvalue weighted by molar-refractivity contribution is 5.97. The van der Waals surface area contributed by atoms with Crippen LogP contribution in [0.15, 0.2) is 30.7 Å². The fraction of sp³-hybridized carbons (Fsp3) is 0.357. The quantitative estimate of drug-likeness (QED) is 0.876. The third-order valence-corrected chi connectivity index (χ3v) is 3.80. The van der Waals surface area contributed by atoms with Crippen molar-refractivity contribution in [2.45, 2.75) is 19.8 Å². The van der Waals surface area contributed by atoms with E-state index in [1.807, 2.05) is 29.8 Å². The van der Waals surface area contributed by atoms with E-state index in [1.54, 1.807) is 12.4 Å². The van der Waals surface area contributed by atoms with E-state index in [2.05, 4.69) is 15.3 Å². The molecule has 20 heavy (non-hydrogen) atoms. The number of imidazole rings is 1. The van der Waals surface area contributed by atoms with Crippen LogP contribution in [0.3, 0.4) is 0 Å². The lowest BCUT2D eigenvalue weighted by molar-refractivity contribution is -0.120. The third kappa shape index (κ3) is 2.18. The van der Waals surface area contributed by atoms with Crippen molar-refractivity contribution in [3.8, 4) is 5.82 Å². The van der Waals surface area contributed by atoms with Crippen molar-refractivity contribution < 1.29 is 4.79 Å². The van der Waals surface area contributed by atoms with E-state index in [1.165, 1.54) is 0 Å². The molecule has 1 fully saturated rings. The Balaban J connectivity index is 1.74. The molecule has 2 aromatic heterocycles. The van der Waals surface area contributed by atoms with E-state index in [9.17, 15) is 4.79 Å². The van der Waals surface area contributed by atoms with Crippen LogP contribution in [0.4, 0.5) is 5.69 Å². The number of nitrogens with two attached hydrogens (primary N) is 1. The van der Waals surface area contributed by atoms with Crippen LogP contribution in [0, 0.1) is 12.3 Å². The van der Waals surface area contributed by atoms with E-state index < -0.39 is 0 Å². The Morgan fingerprint density at radius 3 is 2.75 bits per heavy atom. The molecule has 0 unspecified atom stereocenters. The third-order valence-electron chi connectivity index (χ3n) is 3.80. The van der Waals surface area contributed by atoms with Gasteiger partial charge < -0.3 is 11.1 Å². The van der Waals surface area contributed by atoms with Crippen molar-refractivity contribution in [1.82, 2.24) is 14.5 Å². The molecule has 1 aliphatic rings. The molecule has 0 spiro atoms. The summed E-state index contributed by atoms with van der Waals surface area (Å²) in [4.78, 5) is 20.6. The number of amides is 1. The zero-order valence-corrected chi connectivity index (χ0v) is 11.3. The number of anilines is 1. The minimum Gasteiger partial charge on any atom is -0.329 e. The minimum absolute atomic E-state index is 0.00615. The van der Waals surface area contributed by atoms with Crippen molar-refractivity contribution in [2.75, 3.05) is 11.9 Å². The number of pyridine rings is 1. The van der Waals surface area contributed by atoms with Gasteiger partial charge in [-0.3, -0.25) is 9.36 Å². The molecule has 0 atom stereocenters. The molecule has 0 radical (unpaired) electrons. The number of hydrogen-bond acceptors (Lipinski definition) is 4. The average molecular weight is 271 g/mol. The summed E-state index contributed by atoms with van der Waals surface area (Å²) < 4.78 is 1.88. The first kappa shape index (κ1) is 12.8. The summed E-state index contributed by atoms with van der Waals surface area (Å²) in [6, 6.07) is 3.69. The number of carbonyl (C=O) groups excluding carboxylic acids is 1. The van der Waals surface area contributed by atoms with Crippen LogP contribution < -0.4 is 11.1 Å². The van der Waals surface area contributed by atoms with Crippen LogP contribution in [0.25, 0.3) is 5.82 Å². The van der Waals surface area contributed by atoms with Crippen LogP contribution in [0.1, 0.15) is 18.7 Å². The molecule has 2 aromatic rings. The Morgan fingerprint density at radius 2 is 2.25 bits per heavy atom. The maximum Gasteiger partial charge on any atom is 0.231 e. The zero-order chi connectivity index (χ0) is 14.2. The van der Waals surface area contributed by atoms with Crippen molar-refractivity contribution in [3.05, 3.63) is 36.5 Å². The normalized spacial score (nSPS) is 15.9. The van der Waals surface area contributed by atoms with Gasteiger partial charge in [-0.15, -0.1) is 0 Å². The number of aromatic nitrogens is 3. The SMILES string of the molecule is Cc1nccn1-c1ccc(NC(=O)C2(CN)CC2)cn1. The van der Waals surface area contributed by atoms with Gasteiger partial charge in [0.2, 0.25) is 5.91 Å². The molecular formula is C14H17N5O. The second-order valence-corrected chi connectivity index (χ2v) is 5.19. The summed E-state index contributed by atoms with van der Waals surface area (Å²) in [5.74, 6) is 1.64. The lowest BCUT2D eigenvalue weighted by atomic mass is 10.1. The molecule has 1 aliphatic carbocycles. The molecule has 6 nitrogen and oxygen atoms in total. The van der Waals surface area contributed by atoms with E-state index in [4.69, 9.17) is 5.73 Å². The van der Waals surface area contributed by atoms with Gasteiger partial charge in [-0.1, -0.05) is 0 Å². The molecule has 6 heteroatoms. The van der Waals surface area contributed by atoms with E-state index in [0.717, 1.165) is 24.5 Å². The van der Waals surface area contributed by atoms with Gasteiger partial charge in [0.1, 0.15) is 11.6 Å². The number of carbonyl (C=O) groups is 1. The predicted molar refractivity (Wildman–Crippen MR) is 75.4 cm³/mol. The van der Waals surface area contributed by atoms with Gasteiger partial charge in [0.05, 0.1) is 17.3 Å². The van der Waals surface area contributed by atoms with Gasteiger partial charge in [0, 0.05) is 18.9 Å². The smallest absolute Gasteiger partial charge is 0.231 e. The van der Waals surface area contributed by atoms with E-state index >= 15 is 0 Å². The molecule has 1 amide bonds. The molecule has 3 rings (SSSR count). The molecule has 0 aliphatic heterocycles. The van der Waals surface area contributed by atoms with Crippen LogP contribution in [0.5, 0.6) is 0 Å².